The highest BCUT2D eigenvalue weighted by molar-refractivity contribution is 5.38. The van der Waals surface area contributed by atoms with Gasteiger partial charge in [-0.2, -0.15) is 0 Å². The summed E-state index contributed by atoms with van der Waals surface area (Å²) >= 11 is 0. The molecule has 1 aromatic carbocycles. The van der Waals surface area contributed by atoms with E-state index in [0.29, 0.717) is 11.5 Å². The second-order valence-corrected chi connectivity index (χ2v) is 5.73. The van der Waals surface area contributed by atoms with Gasteiger partial charge in [0.15, 0.2) is 0 Å². The van der Waals surface area contributed by atoms with Crippen molar-refractivity contribution < 1.29 is 4.74 Å². The molecule has 1 fully saturated rings. The Balaban J connectivity index is 2.14. The fraction of sp³-hybridized carbons (Fsp3) is 0.625. The van der Waals surface area contributed by atoms with Gasteiger partial charge in [-0.25, -0.2) is 0 Å². The van der Waals surface area contributed by atoms with Gasteiger partial charge in [0.05, 0.1) is 7.11 Å². The van der Waals surface area contributed by atoms with Crippen molar-refractivity contribution in [3.63, 3.8) is 0 Å². The van der Waals surface area contributed by atoms with E-state index in [2.05, 4.69) is 50.4 Å². The topological polar surface area (TPSA) is 21.3 Å². The van der Waals surface area contributed by atoms with Gasteiger partial charge in [-0.3, -0.25) is 0 Å². The fourth-order valence-electron chi connectivity index (χ4n) is 2.90. The van der Waals surface area contributed by atoms with E-state index in [4.69, 9.17) is 4.74 Å². The molecular weight excluding hydrogens is 222 g/mol. The lowest BCUT2D eigenvalue weighted by Gasteiger charge is -2.21. The van der Waals surface area contributed by atoms with Gasteiger partial charge in [-0.05, 0) is 30.0 Å². The summed E-state index contributed by atoms with van der Waals surface area (Å²) in [4.78, 5) is 0. The summed E-state index contributed by atoms with van der Waals surface area (Å²) in [5, 5.41) is 3.61. The van der Waals surface area contributed by atoms with Crippen LogP contribution >= 0.6 is 0 Å². The number of nitrogens with one attached hydrogen (secondary N) is 1. The molecule has 2 unspecified atom stereocenters. The molecule has 0 aromatic heterocycles. The SMILES string of the molecule is CCC1CC1(CNC(C)C)c1ccc(OC)cc1. The number of hydrogen-bond donors (Lipinski definition) is 1. The number of benzene rings is 1. The highest BCUT2D eigenvalue weighted by atomic mass is 16.5. The Hall–Kier alpha value is -1.02. The lowest BCUT2D eigenvalue weighted by atomic mass is 9.92. The minimum atomic E-state index is 0.366. The van der Waals surface area contributed by atoms with Crippen LogP contribution < -0.4 is 10.1 Å². The average molecular weight is 247 g/mol. The van der Waals surface area contributed by atoms with E-state index in [1.807, 2.05) is 0 Å². The van der Waals surface area contributed by atoms with Crippen molar-refractivity contribution in [3.05, 3.63) is 29.8 Å². The van der Waals surface area contributed by atoms with E-state index in [9.17, 15) is 0 Å². The third-order valence-corrected chi connectivity index (χ3v) is 4.22. The van der Waals surface area contributed by atoms with Gasteiger partial charge in [0, 0.05) is 18.0 Å². The zero-order chi connectivity index (χ0) is 13.2. The molecule has 18 heavy (non-hydrogen) atoms. The molecule has 0 spiro atoms. The van der Waals surface area contributed by atoms with Crippen molar-refractivity contribution in [1.29, 1.82) is 0 Å². The van der Waals surface area contributed by atoms with E-state index in [1.165, 1.54) is 18.4 Å². The summed E-state index contributed by atoms with van der Waals surface area (Å²) < 4.78 is 5.24. The maximum Gasteiger partial charge on any atom is 0.118 e. The molecule has 0 bridgehead atoms. The summed E-state index contributed by atoms with van der Waals surface area (Å²) in [5.41, 5.74) is 1.83. The van der Waals surface area contributed by atoms with E-state index >= 15 is 0 Å². The lowest BCUT2D eigenvalue weighted by Crippen LogP contribution is -2.33. The Kier molecular flexibility index (Phi) is 3.96. The van der Waals surface area contributed by atoms with E-state index in [1.54, 1.807) is 7.11 Å². The summed E-state index contributed by atoms with van der Waals surface area (Å²) in [5.74, 6) is 1.77. The number of ether oxygens (including phenoxy) is 1. The van der Waals surface area contributed by atoms with Crippen LogP contribution in [-0.4, -0.2) is 19.7 Å². The van der Waals surface area contributed by atoms with Crippen LogP contribution in [0.5, 0.6) is 5.75 Å². The van der Waals surface area contributed by atoms with Crippen molar-refractivity contribution >= 4 is 0 Å². The Morgan fingerprint density at radius 3 is 2.44 bits per heavy atom. The van der Waals surface area contributed by atoms with Crippen molar-refractivity contribution in [3.8, 4) is 5.75 Å². The molecule has 0 heterocycles. The Bertz CT molecular complexity index is 385. The second-order valence-electron chi connectivity index (χ2n) is 5.73. The Labute approximate surface area is 111 Å². The number of rotatable bonds is 6. The van der Waals surface area contributed by atoms with Crippen LogP contribution in [0.2, 0.25) is 0 Å². The molecule has 1 saturated carbocycles. The van der Waals surface area contributed by atoms with Crippen LogP contribution in [0.1, 0.15) is 39.2 Å². The van der Waals surface area contributed by atoms with Crippen molar-refractivity contribution in [1.82, 2.24) is 5.32 Å². The molecule has 0 radical (unpaired) electrons. The maximum absolute atomic E-state index is 5.24. The van der Waals surface area contributed by atoms with Gasteiger partial charge in [-0.1, -0.05) is 39.3 Å². The highest BCUT2D eigenvalue weighted by Gasteiger charge is 2.53. The van der Waals surface area contributed by atoms with Crippen LogP contribution in [0.25, 0.3) is 0 Å². The van der Waals surface area contributed by atoms with Gasteiger partial charge < -0.3 is 10.1 Å². The molecule has 2 rings (SSSR count). The molecule has 0 saturated heterocycles. The first-order valence-corrected chi connectivity index (χ1v) is 7.00. The quantitative estimate of drug-likeness (QED) is 0.832. The average Bonchev–Trinajstić information content (AvgIpc) is 3.11. The molecule has 0 amide bonds. The minimum absolute atomic E-state index is 0.366. The first kappa shape index (κ1) is 13.4. The monoisotopic (exact) mass is 247 g/mol. The summed E-state index contributed by atoms with van der Waals surface area (Å²) in [6.45, 7) is 7.82. The van der Waals surface area contributed by atoms with Gasteiger partial charge >= 0.3 is 0 Å². The fourth-order valence-corrected chi connectivity index (χ4v) is 2.90. The molecular formula is C16H25NO. The van der Waals surface area contributed by atoms with Gasteiger partial charge in [0.1, 0.15) is 5.75 Å². The van der Waals surface area contributed by atoms with Gasteiger partial charge in [-0.15, -0.1) is 0 Å². The molecule has 1 N–H and O–H groups in total. The standard InChI is InChI=1S/C16H25NO/c1-5-13-10-16(13,11-17-12(2)3)14-6-8-15(18-4)9-7-14/h6-9,12-13,17H,5,10-11H2,1-4H3. The normalized spacial score (nSPS) is 26.4. The number of hydrogen-bond acceptors (Lipinski definition) is 2. The first-order chi connectivity index (χ1) is 8.62. The second kappa shape index (κ2) is 5.31. The zero-order valence-corrected chi connectivity index (χ0v) is 12.0. The van der Waals surface area contributed by atoms with Gasteiger partial charge in [0.2, 0.25) is 0 Å². The molecule has 2 heteroatoms. The molecule has 0 aliphatic heterocycles. The smallest absolute Gasteiger partial charge is 0.118 e. The van der Waals surface area contributed by atoms with Gasteiger partial charge in [0.25, 0.3) is 0 Å². The Morgan fingerprint density at radius 1 is 1.33 bits per heavy atom. The van der Waals surface area contributed by atoms with Crippen molar-refractivity contribution in [2.24, 2.45) is 5.92 Å². The zero-order valence-electron chi connectivity index (χ0n) is 12.0. The van der Waals surface area contributed by atoms with E-state index in [0.717, 1.165) is 18.2 Å². The summed E-state index contributed by atoms with van der Waals surface area (Å²) in [6, 6.07) is 9.18. The third-order valence-electron chi connectivity index (χ3n) is 4.22. The van der Waals surface area contributed by atoms with Crippen LogP contribution in [0.3, 0.4) is 0 Å². The third kappa shape index (κ3) is 2.54. The summed E-state index contributed by atoms with van der Waals surface area (Å²) in [6.07, 6.45) is 2.58. The lowest BCUT2D eigenvalue weighted by molar-refractivity contribution is 0.414. The molecule has 1 aliphatic rings. The molecule has 1 aliphatic carbocycles. The van der Waals surface area contributed by atoms with E-state index in [-0.39, 0.29) is 0 Å². The molecule has 2 nitrogen and oxygen atoms in total. The van der Waals surface area contributed by atoms with Crippen molar-refractivity contribution in [2.75, 3.05) is 13.7 Å². The largest absolute Gasteiger partial charge is 0.497 e. The number of methoxy groups -OCH3 is 1. The van der Waals surface area contributed by atoms with Crippen LogP contribution in [0.15, 0.2) is 24.3 Å². The van der Waals surface area contributed by atoms with Crippen LogP contribution in [0.4, 0.5) is 0 Å². The minimum Gasteiger partial charge on any atom is -0.497 e. The predicted molar refractivity (Wildman–Crippen MR) is 76.2 cm³/mol. The van der Waals surface area contributed by atoms with Crippen molar-refractivity contribution in [2.45, 2.75) is 45.1 Å². The predicted octanol–water partition coefficient (Wildman–Crippen LogP) is 3.36. The summed E-state index contributed by atoms with van der Waals surface area (Å²) in [7, 11) is 1.72. The molecule has 100 valence electrons. The maximum atomic E-state index is 5.24. The van der Waals surface area contributed by atoms with Crippen LogP contribution in [0, 0.1) is 5.92 Å². The highest BCUT2D eigenvalue weighted by Crippen LogP contribution is 2.55. The first-order valence-electron chi connectivity index (χ1n) is 7.00. The Morgan fingerprint density at radius 2 is 2.00 bits per heavy atom. The molecule has 2 atom stereocenters. The van der Waals surface area contributed by atoms with E-state index < -0.39 is 0 Å². The van der Waals surface area contributed by atoms with Crippen LogP contribution in [-0.2, 0) is 5.41 Å². The molecule has 1 aromatic rings.